The molecule has 2 N–H and O–H groups in total. The van der Waals surface area contributed by atoms with Gasteiger partial charge in [0.25, 0.3) is 5.91 Å². The maximum Gasteiger partial charge on any atom is 0.277 e. The summed E-state index contributed by atoms with van der Waals surface area (Å²) in [5.74, 6) is 0.339. The molecule has 0 unspecified atom stereocenters. The molecule has 0 aliphatic heterocycles. The summed E-state index contributed by atoms with van der Waals surface area (Å²) in [6, 6.07) is 24.4. The number of rotatable bonds is 6. The van der Waals surface area contributed by atoms with Gasteiger partial charge in [0.2, 0.25) is 0 Å². The second kappa shape index (κ2) is 8.67. The van der Waals surface area contributed by atoms with Crippen LogP contribution in [-0.2, 0) is 4.79 Å². The molecule has 1 amide bonds. The van der Waals surface area contributed by atoms with Gasteiger partial charge in [0.15, 0.2) is 6.61 Å². The van der Waals surface area contributed by atoms with Gasteiger partial charge in [-0.05, 0) is 42.3 Å². The predicted molar refractivity (Wildman–Crippen MR) is 106 cm³/mol. The Labute approximate surface area is 157 Å². The number of benzene rings is 3. The van der Waals surface area contributed by atoms with Gasteiger partial charge in [0.1, 0.15) is 11.5 Å². The first-order valence-corrected chi connectivity index (χ1v) is 8.53. The molecule has 3 rings (SSSR count). The maximum atomic E-state index is 11.9. The predicted octanol–water partition coefficient (Wildman–Crippen LogP) is 3.98. The van der Waals surface area contributed by atoms with Crippen LogP contribution in [-0.4, -0.2) is 23.3 Å². The summed E-state index contributed by atoms with van der Waals surface area (Å²) in [6.45, 7) is 1.56. The van der Waals surface area contributed by atoms with Crippen LogP contribution in [0.2, 0.25) is 0 Å². The molecule has 0 radical (unpaired) electrons. The molecule has 3 aromatic rings. The minimum atomic E-state index is -0.378. The molecule has 0 aromatic heterocycles. The van der Waals surface area contributed by atoms with Gasteiger partial charge in [0, 0.05) is 5.56 Å². The lowest BCUT2D eigenvalue weighted by molar-refractivity contribution is -0.123. The number of phenols is 1. The summed E-state index contributed by atoms with van der Waals surface area (Å²) >= 11 is 0. The molecule has 5 heteroatoms. The van der Waals surface area contributed by atoms with E-state index in [0.29, 0.717) is 17.0 Å². The summed E-state index contributed by atoms with van der Waals surface area (Å²) < 4.78 is 5.49. The van der Waals surface area contributed by atoms with Crippen molar-refractivity contribution in [2.24, 2.45) is 5.10 Å². The Morgan fingerprint density at radius 3 is 2.26 bits per heavy atom. The van der Waals surface area contributed by atoms with E-state index in [1.807, 2.05) is 54.6 Å². The first-order chi connectivity index (χ1) is 13.1. The van der Waals surface area contributed by atoms with Crippen molar-refractivity contribution in [3.8, 4) is 22.6 Å². The largest absolute Gasteiger partial charge is 0.507 e. The number of carbonyl (C=O) groups is 1. The maximum absolute atomic E-state index is 11.9. The molecule has 0 atom stereocenters. The highest BCUT2D eigenvalue weighted by Crippen LogP contribution is 2.22. The average molecular weight is 360 g/mol. The number of hydrazone groups is 1. The molecule has 27 heavy (non-hydrogen) atoms. The van der Waals surface area contributed by atoms with Crippen LogP contribution in [0.15, 0.2) is 84.0 Å². The van der Waals surface area contributed by atoms with Crippen LogP contribution in [0.1, 0.15) is 12.5 Å². The van der Waals surface area contributed by atoms with Gasteiger partial charge in [-0.2, -0.15) is 5.10 Å². The zero-order valence-corrected chi connectivity index (χ0v) is 14.9. The number of hydrogen-bond acceptors (Lipinski definition) is 4. The Hall–Kier alpha value is -3.60. The zero-order chi connectivity index (χ0) is 19.1. The van der Waals surface area contributed by atoms with E-state index in [4.69, 9.17) is 4.74 Å². The van der Waals surface area contributed by atoms with Crippen molar-refractivity contribution >= 4 is 11.6 Å². The minimum absolute atomic E-state index is 0.114. The highest BCUT2D eigenvalue weighted by Gasteiger charge is 2.06. The number of phenolic OH excluding ortho intramolecular Hbond substituents is 1. The molecular weight excluding hydrogens is 340 g/mol. The van der Waals surface area contributed by atoms with Crippen molar-refractivity contribution in [3.05, 3.63) is 84.4 Å². The molecule has 5 nitrogen and oxygen atoms in total. The summed E-state index contributed by atoms with van der Waals surface area (Å²) in [7, 11) is 0. The molecule has 0 bridgehead atoms. The van der Waals surface area contributed by atoms with Gasteiger partial charge in [-0.3, -0.25) is 4.79 Å². The van der Waals surface area contributed by atoms with Crippen molar-refractivity contribution in [2.75, 3.05) is 6.61 Å². The summed E-state index contributed by atoms with van der Waals surface area (Å²) in [5, 5.41) is 13.8. The number of carbonyl (C=O) groups excluding carboxylic acids is 1. The third-order valence-corrected chi connectivity index (χ3v) is 3.97. The lowest BCUT2D eigenvalue weighted by Crippen LogP contribution is -2.25. The monoisotopic (exact) mass is 360 g/mol. The van der Waals surface area contributed by atoms with E-state index in [1.54, 1.807) is 31.2 Å². The van der Waals surface area contributed by atoms with E-state index in [1.165, 1.54) is 0 Å². The summed E-state index contributed by atoms with van der Waals surface area (Å²) in [5.41, 5.74) is 5.70. The zero-order valence-electron chi connectivity index (χ0n) is 14.9. The van der Waals surface area contributed by atoms with Crippen molar-refractivity contribution in [2.45, 2.75) is 6.92 Å². The van der Waals surface area contributed by atoms with E-state index < -0.39 is 0 Å². The fraction of sp³-hybridized carbons (Fsp3) is 0.0909. The van der Waals surface area contributed by atoms with Gasteiger partial charge in [0.05, 0.1) is 5.71 Å². The highest BCUT2D eigenvalue weighted by molar-refractivity contribution is 6.01. The quantitative estimate of drug-likeness (QED) is 0.516. The SMILES string of the molecule is C/C(=N\NC(=O)COc1ccc(-c2ccccc2)cc1)c1ccccc1O. The lowest BCUT2D eigenvalue weighted by Gasteiger charge is -2.07. The summed E-state index contributed by atoms with van der Waals surface area (Å²) in [6.07, 6.45) is 0. The van der Waals surface area contributed by atoms with Crippen molar-refractivity contribution in [1.82, 2.24) is 5.43 Å². The Bertz CT molecular complexity index is 935. The van der Waals surface area contributed by atoms with E-state index in [-0.39, 0.29) is 18.3 Å². The molecule has 0 spiro atoms. The normalized spacial score (nSPS) is 11.1. The third-order valence-electron chi connectivity index (χ3n) is 3.97. The molecule has 0 saturated carbocycles. The second-order valence-electron chi connectivity index (χ2n) is 5.93. The van der Waals surface area contributed by atoms with Gasteiger partial charge in [-0.25, -0.2) is 5.43 Å². The van der Waals surface area contributed by atoms with Crippen molar-refractivity contribution in [3.63, 3.8) is 0 Å². The highest BCUT2D eigenvalue weighted by atomic mass is 16.5. The molecule has 136 valence electrons. The van der Waals surface area contributed by atoms with Crippen molar-refractivity contribution < 1.29 is 14.6 Å². The molecule has 3 aromatic carbocycles. The number of hydrogen-bond donors (Lipinski definition) is 2. The lowest BCUT2D eigenvalue weighted by atomic mass is 10.1. The van der Waals surface area contributed by atoms with Crippen LogP contribution in [0.3, 0.4) is 0 Å². The van der Waals surface area contributed by atoms with Crippen molar-refractivity contribution in [1.29, 1.82) is 0 Å². The Balaban J connectivity index is 1.53. The van der Waals surface area contributed by atoms with E-state index in [9.17, 15) is 9.90 Å². The van der Waals surface area contributed by atoms with Gasteiger partial charge in [-0.1, -0.05) is 54.6 Å². The van der Waals surface area contributed by atoms with Gasteiger partial charge in [-0.15, -0.1) is 0 Å². The van der Waals surface area contributed by atoms with Crippen LogP contribution in [0, 0.1) is 0 Å². The minimum Gasteiger partial charge on any atom is -0.507 e. The van der Waals surface area contributed by atoms with Crippen LogP contribution in [0.4, 0.5) is 0 Å². The Morgan fingerprint density at radius 2 is 1.56 bits per heavy atom. The standard InChI is InChI=1S/C22H20N2O3/c1-16(20-9-5-6-10-21(20)25)23-24-22(26)15-27-19-13-11-18(12-14-19)17-7-3-2-4-8-17/h2-14,25H,15H2,1H3,(H,24,26)/b23-16+. The molecule has 0 heterocycles. The second-order valence-corrected chi connectivity index (χ2v) is 5.93. The fourth-order valence-corrected chi connectivity index (χ4v) is 2.54. The van der Waals surface area contributed by atoms with E-state index in [0.717, 1.165) is 11.1 Å². The molecule has 0 saturated heterocycles. The number of aromatic hydroxyl groups is 1. The summed E-state index contributed by atoms with van der Waals surface area (Å²) in [4.78, 5) is 11.9. The van der Waals surface area contributed by atoms with E-state index >= 15 is 0 Å². The first-order valence-electron chi connectivity index (χ1n) is 8.53. The van der Waals surface area contributed by atoms with Crippen LogP contribution in [0.25, 0.3) is 11.1 Å². The van der Waals surface area contributed by atoms with Gasteiger partial charge < -0.3 is 9.84 Å². The third kappa shape index (κ3) is 4.95. The molecule has 0 aliphatic rings. The number of amides is 1. The Kier molecular flexibility index (Phi) is 5.84. The molecule has 0 aliphatic carbocycles. The van der Waals surface area contributed by atoms with Crippen LogP contribution in [0.5, 0.6) is 11.5 Å². The topological polar surface area (TPSA) is 70.9 Å². The average Bonchev–Trinajstić information content (AvgIpc) is 2.72. The Morgan fingerprint density at radius 1 is 0.926 bits per heavy atom. The van der Waals surface area contributed by atoms with E-state index in [2.05, 4.69) is 10.5 Å². The van der Waals surface area contributed by atoms with Crippen LogP contribution >= 0.6 is 0 Å². The molecule has 0 fully saturated rings. The fourth-order valence-electron chi connectivity index (χ4n) is 2.54. The number of ether oxygens (including phenoxy) is 1. The van der Waals surface area contributed by atoms with Crippen LogP contribution < -0.4 is 10.2 Å². The molecular formula is C22H20N2O3. The number of para-hydroxylation sites is 1. The van der Waals surface area contributed by atoms with Gasteiger partial charge >= 0.3 is 0 Å². The number of nitrogens with one attached hydrogen (secondary N) is 1. The smallest absolute Gasteiger partial charge is 0.277 e. The number of nitrogens with zero attached hydrogens (tertiary/aromatic N) is 1. The first kappa shape index (κ1) is 18.2.